The Morgan fingerprint density at radius 1 is 1.13 bits per heavy atom. The molecular weight excluding hydrogens is 380 g/mol. The van der Waals surface area contributed by atoms with E-state index in [1.165, 1.54) is 0 Å². The Labute approximate surface area is 179 Å². The lowest BCUT2D eigenvalue weighted by Gasteiger charge is -2.31. The van der Waals surface area contributed by atoms with Gasteiger partial charge in [-0.15, -0.1) is 0 Å². The second-order valence-corrected chi connectivity index (χ2v) is 7.63. The average Bonchev–Trinajstić information content (AvgIpc) is 2.79. The summed E-state index contributed by atoms with van der Waals surface area (Å²) < 4.78 is 16.5. The molecule has 1 aliphatic heterocycles. The van der Waals surface area contributed by atoms with Crippen molar-refractivity contribution in [3.05, 3.63) is 65.2 Å². The number of amides is 1. The Morgan fingerprint density at radius 2 is 1.90 bits per heavy atom. The van der Waals surface area contributed by atoms with Gasteiger partial charge in [0.15, 0.2) is 0 Å². The van der Waals surface area contributed by atoms with Crippen molar-refractivity contribution >= 4 is 5.91 Å². The molecule has 0 aliphatic carbocycles. The number of carbonyl (C=O) groups excluding carboxylic acids is 1. The number of hydrogen-bond donors (Lipinski definition) is 1. The fourth-order valence-corrected chi connectivity index (χ4v) is 3.56. The van der Waals surface area contributed by atoms with Crippen molar-refractivity contribution in [2.45, 2.75) is 32.0 Å². The zero-order chi connectivity index (χ0) is 21.2. The van der Waals surface area contributed by atoms with E-state index in [9.17, 15) is 4.79 Å². The van der Waals surface area contributed by atoms with Crippen LogP contribution in [0.1, 0.15) is 34.3 Å². The third-order valence-electron chi connectivity index (χ3n) is 5.41. The molecule has 0 saturated carbocycles. The predicted molar refractivity (Wildman–Crippen MR) is 117 cm³/mol. The molecule has 1 amide bonds. The molecule has 2 aromatic rings. The molecule has 6 heteroatoms. The largest absolute Gasteiger partial charge is 0.492 e. The van der Waals surface area contributed by atoms with Crippen molar-refractivity contribution in [2.75, 3.05) is 40.5 Å². The summed E-state index contributed by atoms with van der Waals surface area (Å²) in [6.45, 7) is 4.21. The van der Waals surface area contributed by atoms with Crippen molar-refractivity contribution in [1.29, 1.82) is 0 Å². The van der Waals surface area contributed by atoms with Crippen molar-refractivity contribution in [3.8, 4) is 5.75 Å². The molecule has 1 aliphatic rings. The second kappa shape index (κ2) is 11.7. The van der Waals surface area contributed by atoms with Crippen LogP contribution in [0, 0.1) is 0 Å². The number of carbonyl (C=O) groups is 1. The van der Waals surface area contributed by atoms with Crippen LogP contribution in [-0.2, 0) is 22.6 Å². The molecule has 0 unspecified atom stereocenters. The van der Waals surface area contributed by atoms with E-state index in [0.29, 0.717) is 31.4 Å². The minimum absolute atomic E-state index is 0.0941. The van der Waals surface area contributed by atoms with Crippen molar-refractivity contribution in [3.63, 3.8) is 0 Å². The molecule has 1 saturated heterocycles. The number of likely N-dealkylation sites (N-methyl/N-ethyl adjacent to an activating group) is 1. The maximum atomic E-state index is 12.4. The van der Waals surface area contributed by atoms with Gasteiger partial charge in [0.1, 0.15) is 12.4 Å². The zero-order valence-corrected chi connectivity index (χ0v) is 17.9. The number of nitrogens with one attached hydrogen (secondary N) is 1. The van der Waals surface area contributed by atoms with Gasteiger partial charge >= 0.3 is 0 Å². The van der Waals surface area contributed by atoms with Crippen LogP contribution in [0.15, 0.2) is 48.5 Å². The molecule has 1 N–H and O–H groups in total. The number of ether oxygens (including phenoxy) is 3. The molecule has 162 valence electrons. The summed E-state index contributed by atoms with van der Waals surface area (Å²) in [6, 6.07) is 15.9. The normalized spacial score (nSPS) is 14.6. The molecule has 0 aromatic heterocycles. The zero-order valence-electron chi connectivity index (χ0n) is 17.9. The van der Waals surface area contributed by atoms with Gasteiger partial charge in [0.25, 0.3) is 5.91 Å². The summed E-state index contributed by atoms with van der Waals surface area (Å²) in [6.07, 6.45) is 2.17. The van der Waals surface area contributed by atoms with Crippen LogP contribution < -0.4 is 10.1 Å². The van der Waals surface area contributed by atoms with Gasteiger partial charge in [-0.2, -0.15) is 0 Å². The number of hydrogen-bond acceptors (Lipinski definition) is 5. The highest BCUT2D eigenvalue weighted by Gasteiger charge is 2.18. The highest BCUT2D eigenvalue weighted by molar-refractivity contribution is 5.94. The maximum absolute atomic E-state index is 12.4. The highest BCUT2D eigenvalue weighted by Crippen LogP contribution is 2.15. The smallest absolute Gasteiger partial charge is 0.251 e. The Bertz CT molecular complexity index is 788. The van der Waals surface area contributed by atoms with Gasteiger partial charge in [-0.05, 0) is 55.3 Å². The number of methoxy groups -OCH3 is 1. The van der Waals surface area contributed by atoms with Crippen LogP contribution in [0.4, 0.5) is 0 Å². The molecule has 0 radical (unpaired) electrons. The lowest BCUT2D eigenvalue weighted by atomic mass is 10.1. The van der Waals surface area contributed by atoms with E-state index in [4.69, 9.17) is 14.2 Å². The average molecular weight is 413 g/mol. The molecule has 0 spiro atoms. The Morgan fingerprint density at radius 3 is 2.63 bits per heavy atom. The lowest BCUT2D eigenvalue weighted by molar-refractivity contribution is 0.0392. The van der Waals surface area contributed by atoms with Crippen LogP contribution >= 0.6 is 0 Å². The third-order valence-corrected chi connectivity index (χ3v) is 5.41. The molecular formula is C24H32N2O4. The van der Waals surface area contributed by atoms with Crippen LogP contribution in [0.25, 0.3) is 0 Å². The van der Waals surface area contributed by atoms with Gasteiger partial charge in [-0.1, -0.05) is 24.3 Å². The number of rotatable bonds is 10. The Hall–Kier alpha value is -2.41. The predicted octanol–water partition coefficient (Wildman–Crippen LogP) is 3.25. The number of nitrogens with zero attached hydrogens (tertiary/aromatic N) is 1. The molecule has 0 bridgehead atoms. The fourth-order valence-electron chi connectivity index (χ4n) is 3.56. The van der Waals surface area contributed by atoms with Gasteiger partial charge < -0.3 is 19.5 Å². The third kappa shape index (κ3) is 6.83. The SMILES string of the molecule is COCc1ccc(C(=O)NCc2cccc(OCCN(C)C3CCOCC3)c2)cc1. The molecule has 3 rings (SSSR count). The van der Waals surface area contributed by atoms with Crippen molar-refractivity contribution in [2.24, 2.45) is 0 Å². The van der Waals surface area contributed by atoms with Crippen molar-refractivity contribution < 1.29 is 19.0 Å². The van der Waals surface area contributed by atoms with E-state index in [-0.39, 0.29) is 5.91 Å². The topological polar surface area (TPSA) is 60.0 Å². The van der Waals surface area contributed by atoms with Gasteiger partial charge in [-0.25, -0.2) is 0 Å². The van der Waals surface area contributed by atoms with Gasteiger partial charge in [-0.3, -0.25) is 9.69 Å². The maximum Gasteiger partial charge on any atom is 0.251 e. The molecule has 1 heterocycles. The molecule has 1 fully saturated rings. The van der Waals surface area contributed by atoms with Gasteiger partial charge in [0.05, 0.1) is 6.61 Å². The van der Waals surface area contributed by atoms with Crippen LogP contribution in [0.5, 0.6) is 5.75 Å². The van der Waals surface area contributed by atoms with Crippen LogP contribution in [0.3, 0.4) is 0 Å². The van der Waals surface area contributed by atoms with Gasteiger partial charge in [0.2, 0.25) is 0 Å². The fraction of sp³-hybridized carbons (Fsp3) is 0.458. The lowest BCUT2D eigenvalue weighted by Crippen LogP contribution is -2.38. The van der Waals surface area contributed by atoms with Crippen LogP contribution in [0.2, 0.25) is 0 Å². The summed E-state index contributed by atoms with van der Waals surface area (Å²) in [7, 11) is 3.80. The van der Waals surface area contributed by atoms with E-state index < -0.39 is 0 Å². The monoisotopic (exact) mass is 412 g/mol. The quantitative estimate of drug-likeness (QED) is 0.649. The number of benzene rings is 2. The highest BCUT2D eigenvalue weighted by atomic mass is 16.5. The molecule has 30 heavy (non-hydrogen) atoms. The first-order chi connectivity index (χ1) is 14.7. The van der Waals surface area contributed by atoms with E-state index in [0.717, 1.165) is 49.5 Å². The Balaban J connectivity index is 1.43. The Kier molecular flexibility index (Phi) is 8.68. The summed E-state index contributed by atoms with van der Waals surface area (Å²) in [5.41, 5.74) is 2.69. The first-order valence-corrected chi connectivity index (χ1v) is 10.5. The molecule has 6 nitrogen and oxygen atoms in total. The van der Waals surface area contributed by atoms with E-state index in [2.05, 4.69) is 17.3 Å². The summed E-state index contributed by atoms with van der Waals surface area (Å²) in [4.78, 5) is 14.7. The van der Waals surface area contributed by atoms with Gasteiger partial charge in [0, 0.05) is 45.0 Å². The minimum Gasteiger partial charge on any atom is -0.492 e. The van der Waals surface area contributed by atoms with Crippen molar-refractivity contribution in [1.82, 2.24) is 10.2 Å². The molecule has 2 aromatic carbocycles. The molecule has 0 atom stereocenters. The van der Waals surface area contributed by atoms with E-state index >= 15 is 0 Å². The minimum atomic E-state index is -0.0941. The van der Waals surface area contributed by atoms with E-state index in [1.807, 2.05) is 48.5 Å². The summed E-state index contributed by atoms with van der Waals surface area (Å²) >= 11 is 0. The van der Waals surface area contributed by atoms with E-state index in [1.54, 1.807) is 7.11 Å². The first-order valence-electron chi connectivity index (χ1n) is 10.5. The second-order valence-electron chi connectivity index (χ2n) is 7.63. The standard InChI is InChI=1S/C24H32N2O4/c1-26(22-10-13-29-14-11-22)12-15-30-23-5-3-4-20(16-23)17-25-24(27)21-8-6-19(7-9-21)18-28-2/h3-9,16,22H,10-15,17-18H2,1-2H3,(H,25,27). The van der Waals surface area contributed by atoms with Crippen LogP contribution in [-0.4, -0.2) is 57.4 Å². The summed E-state index contributed by atoms with van der Waals surface area (Å²) in [5, 5.41) is 2.97. The summed E-state index contributed by atoms with van der Waals surface area (Å²) in [5.74, 6) is 0.731. The first kappa shape index (κ1) is 22.3.